The fourth-order valence-electron chi connectivity index (χ4n) is 2.39. The Balaban J connectivity index is 1.70. The van der Waals surface area contributed by atoms with Gasteiger partial charge in [-0.2, -0.15) is 5.10 Å². The number of aryl methyl sites for hydroxylation is 2. The van der Waals surface area contributed by atoms with Crippen LogP contribution in [0.3, 0.4) is 0 Å². The second-order valence-electron chi connectivity index (χ2n) is 5.59. The number of hydrogen-bond donors (Lipinski definition) is 1. The van der Waals surface area contributed by atoms with Crippen molar-refractivity contribution < 1.29 is 9.21 Å². The first-order chi connectivity index (χ1) is 11.6. The number of carbonyl (C=O) groups is 1. The van der Waals surface area contributed by atoms with Crippen molar-refractivity contribution >= 4 is 17.8 Å². The van der Waals surface area contributed by atoms with Crippen molar-refractivity contribution in [3.63, 3.8) is 0 Å². The number of anilines is 1. The lowest BCUT2D eigenvalue weighted by Crippen LogP contribution is -2.13. The number of nitrogens with zero attached hydrogens (tertiary/aromatic N) is 2. The standard InChI is InChI=1S/C19H19N3O2/c1-14-12-18(22(21-14)13-16-6-4-3-5-7-16)20-19(23)11-10-17-9-8-15(2)24-17/h3-12H,13H2,1-2H3,(H,20,23)/b11-10+. The summed E-state index contributed by atoms with van der Waals surface area (Å²) in [6.07, 6.45) is 3.10. The summed E-state index contributed by atoms with van der Waals surface area (Å²) in [5.41, 5.74) is 1.98. The number of benzene rings is 1. The van der Waals surface area contributed by atoms with Gasteiger partial charge in [0.1, 0.15) is 17.3 Å². The SMILES string of the molecule is Cc1cc(NC(=O)/C=C/c2ccc(C)o2)n(Cc2ccccc2)n1. The zero-order valence-corrected chi connectivity index (χ0v) is 13.7. The van der Waals surface area contributed by atoms with Crippen molar-refractivity contribution in [2.24, 2.45) is 0 Å². The third-order valence-corrected chi connectivity index (χ3v) is 3.49. The first kappa shape index (κ1) is 15.8. The van der Waals surface area contributed by atoms with E-state index in [0.29, 0.717) is 18.1 Å². The van der Waals surface area contributed by atoms with E-state index in [1.807, 2.05) is 62.4 Å². The lowest BCUT2D eigenvalue weighted by molar-refractivity contribution is -0.111. The number of carbonyl (C=O) groups excluding carboxylic acids is 1. The second kappa shape index (κ2) is 7.00. The van der Waals surface area contributed by atoms with Gasteiger partial charge in [0.25, 0.3) is 0 Å². The Morgan fingerprint density at radius 3 is 2.71 bits per heavy atom. The molecule has 0 bridgehead atoms. The summed E-state index contributed by atoms with van der Waals surface area (Å²) in [4.78, 5) is 12.1. The Morgan fingerprint density at radius 1 is 1.21 bits per heavy atom. The van der Waals surface area contributed by atoms with Crippen molar-refractivity contribution in [3.05, 3.63) is 77.4 Å². The summed E-state index contributed by atoms with van der Waals surface area (Å²) in [7, 11) is 0. The second-order valence-corrected chi connectivity index (χ2v) is 5.59. The highest BCUT2D eigenvalue weighted by molar-refractivity contribution is 6.01. The van der Waals surface area contributed by atoms with Crippen molar-refractivity contribution in [1.29, 1.82) is 0 Å². The Morgan fingerprint density at radius 2 is 2.00 bits per heavy atom. The van der Waals surface area contributed by atoms with Gasteiger partial charge in [-0.15, -0.1) is 0 Å². The van der Waals surface area contributed by atoms with Gasteiger partial charge >= 0.3 is 0 Å². The van der Waals surface area contributed by atoms with E-state index in [9.17, 15) is 4.79 Å². The van der Waals surface area contributed by atoms with Crippen LogP contribution in [0.5, 0.6) is 0 Å². The lowest BCUT2D eigenvalue weighted by atomic mass is 10.2. The van der Waals surface area contributed by atoms with E-state index >= 15 is 0 Å². The van der Waals surface area contributed by atoms with E-state index in [2.05, 4.69) is 10.4 Å². The molecule has 0 saturated heterocycles. The van der Waals surface area contributed by atoms with Crippen LogP contribution in [0.4, 0.5) is 5.82 Å². The number of nitrogens with one attached hydrogen (secondary N) is 1. The minimum absolute atomic E-state index is 0.224. The monoisotopic (exact) mass is 321 g/mol. The normalized spacial score (nSPS) is 11.1. The molecule has 0 aliphatic carbocycles. The predicted octanol–water partition coefficient (Wildman–Crippen LogP) is 3.79. The fourth-order valence-corrected chi connectivity index (χ4v) is 2.39. The molecule has 3 aromatic rings. The summed E-state index contributed by atoms with van der Waals surface area (Å²) in [6.45, 7) is 4.37. The molecule has 122 valence electrons. The quantitative estimate of drug-likeness (QED) is 0.727. The van der Waals surface area contributed by atoms with Gasteiger partial charge in [-0.1, -0.05) is 30.3 Å². The molecule has 0 aliphatic rings. The fraction of sp³-hybridized carbons (Fsp3) is 0.158. The van der Waals surface area contributed by atoms with Gasteiger partial charge in [-0.25, -0.2) is 4.68 Å². The van der Waals surface area contributed by atoms with Gasteiger partial charge in [0.2, 0.25) is 5.91 Å². The van der Waals surface area contributed by atoms with Crippen molar-refractivity contribution in [2.75, 3.05) is 5.32 Å². The van der Waals surface area contributed by atoms with Gasteiger partial charge in [-0.3, -0.25) is 4.79 Å². The molecule has 0 saturated carbocycles. The van der Waals surface area contributed by atoms with Crippen molar-refractivity contribution in [2.45, 2.75) is 20.4 Å². The molecular formula is C19H19N3O2. The largest absolute Gasteiger partial charge is 0.462 e. The van der Waals surface area contributed by atoms with Crippen LogP contribution in [0.1, 0.15) is 22.8 Å². The molecule has 3 rings (SSSR count). The number of aromatic nitrogens is 2. The maximum atomic E-state index is 12.1. The highest BCUT2D eigenvalue weighted by Gasteiger charge is 2.08. The molecule has 1 amide bonds. The minimum atomic E-state index is -0.224. The maximum Gasteiger partial charge on any atom is 0.249 e. The molecule has 24 heavy (non-hydrogen) atoms. The Kier molecular flexibility index (Phi) is 4.61. The van der Waals surface area contributed by atoms with E-state index in [0.717, 1.165) is 17.0 Å². The zero-order valence-electron chi connectivity index (χ0n) is 13.7. The molecule has 1 N–H and O–H groups in total. The average molecular weight is 321 g/mol. The molecule has 0 radical (unpaired) electrons. The summed E-state index contributed by atoms with van der Waals surface area (Å²) < 4.78 is 7.19. The van der Waals surface area contributed by atoms with Crippen LogP contribution < -0.4 is 5.32 Å². The first-order valence-electron chi connectivity index (χ1n) is 7.74. The first-order valence-corrected chi connectivity index (χ1v) is 7.74. The Hall–Kier alpha value is -3.08. The Labute approximate surface area is 140 Å². The number of rotatable bonds is 5. The number of hydrogen-bond acceptors (Lipinski definition) is 3. The van der Waals surface area contributed by atoms with Gasteiger partial charge < -0.3 is 9.73 Å². The summed E-state index contributed by atoms with van der Waals surface area (Å²) in [5.74, 6) is 1.91. The van der Waals surface area contributed by atoms with Gasteiger partial charge in [-0.05, 0) is 37.6 Å². The molecule has 1 aromatic carbocycles. The van der Waals surface area contributed by atoms with Crippen LogP contribution >= 0.6 is 0 Å². The molecule has 2 aromatic heterocycles. The molecule has 0 fully saturated rings. The average Bonchev–Trinajstić information content (AvgIpc) is 3.12. The third kappa shape index (κ3) is 4.01. The molecule has 2 heterocycles. The highest BCUT2D eigenvalue weighted by atomic mass is 16.3. The van der Waals surface area contributed by atoms with E-state index in [4.69, 9.17) is 4.42 Å². The predicted molar refractivity (Wildman–Crippen MR) is 93.6 cm³/mol. The van der Waals surface area contributed by atoms with Crippen molar-refractivity contribution in [3.8, 4) is 0 Å². The van der Waals surface area contributed by atoms with Gasteiger partial charge in [0.15, 0.2) is 0 Å². The molecule has 0 unspecified atom stereocenters. The number of amides is 1. The topological polar surface area (TPSA) is 60.1 Å². The van der Waals surface area contributed by atoms with E-state index in [1.165, 1.54) is 6.08 Å². The molecule has 0 spiro atoms. The van der Waals surface area contributed by atoms with Crippen LogP contribution in [-0.4, -0.2) is 15.7 Å². The van der Waals surface area contributed by atoms with Gasteiger partial charge in [0.05, 0.1) is 12.2 Å². The van der Waals surface area contributed by atoms with Crippen LogP contribution in [0.2, 0.25) is 0 Å². The van der Waals surface area contributed by atoms with Crippen LogP contribution in [-0.2, 0) is 11.3 Å². The molecule has 0 aliphatic heterocycles. The summed E-state index contributed by atoms with van der Waals surface area (Å²) >= 11 is 0. The molecular weight excluding hydrogens is 302 g/mol. The van der Waals surface area contributed by atoms with E-state index in [1.54, 1.807) is 10.8 Å². The smallest absolute Gasteiger partial charge is 0.249 e. The zero-order chi connectivity index (χ0) is 16.9. The summed E-state index contributed by atoms with van der Waals surface area (Å²) in [5, 5.41) is 7.30. The lowest BCUT2D eigenvalue weighted by Gasteiger charge is -2.07. The van der Waals surface area contributed by atoms with Crippen LogP contribution in [0.15, 0.2) is 59.0 Å². The van der Waals surface area contributed by atoms with E-state index in [-0.39, 0.29) is 5.91 Å². The van der Waals surface area contributed by atoms with Crippen molar-refractivity contribution in [1.82, 2.24) is 9.78 Å². The molecule has 0 atom stereocenters. The van der Waals surface area contributed by atoms with E-state index < -0.39 is 0 Å². The van der Waals surface area contributed by atoms with Gasteiger partial charge in [0, 0.05) is 12.1 Å². The van der Waals surface area contributed by atoms with Crippen LogP contribution in [0.25, 0.3) is 6.08 Å². The maximum absolute atomic E-state index is 12.1. The molecule has 5 heteroatoms. The Bertz CT molecular complexity index is 860. The summed E-state index contributed by atoms with van der Waals surface area (Å²) in [6, 6.07) is 15.5. The minimum Gasteiger partial charge on any atom is -0.462 e. The van der Waals surface area contributed by atoms with Crippen LogP contribution in [0, 0.1) is 13.8 Å². The highest BCUT2D eigenvalue weighted by Crippen LogP contribution is 2.14. The molecule has 5 nitrogen and oxygen atoms in total. The third-order valence-electron chi connectivity index (χ3n) is 3.49. The number of furan rings is 1.